The first-order valence-electron chi connectivity index (χ1n) is 6.64. The number of hydrogen-bond acceptors (Lipinski definition) is 1. The van der Waals surface area contributed by atoms with Gasteiger partial charge in [0.15, 0.2) is 0 Å². The maximum absolute atomic E-state index is 11.9. The molecule has 104 valence electrons. The number of hydrogen-bond donors (Lipinski definition) is 1. The first-order chi connectivity index (χ1) is 9.49. The Morgan fingerprint density at radius 2 is 1.65 bits per heavy atom. The number of carbonyl (C=O) groups is 1. The average molecular weight is 268 g/mol. The fourth-order valence-electron chi connectivity index (χ4n) is 2.03. The van der Waals surface area contributed by atoms with E-state index < -0.39 is 0 Å². The van der Waals surface area contributed by atoms with Crippen molar-refractivity contribution in [2.75, 3.05) is 19.4 Å². The topological polar surface area (TPSA) is 32.3 Å². The summed E-state index contributed by atoms with van der Waals surface area (Å²) >= 11 is 0. The Morgan fingerprint density at radius 1 is 1.00 bits per heavy atom. The zero-order valence-corrected chi connectivity index (χ0v) is 12.4. The van der Waals surface area contributed by atoms with Crippen LogP contribution in [0.15, 0.2) is 42.5 Å². The van der Waals surface area contributed by atoms with Crippen LogP contribution >= 0.6 is 0 Å². The van der Waals surface area contributed by atoms with Gasteiger partial charge in [0.1, 0.15) is 0 Å². The predicted octanol–water partition coefficient (Wildman–Crippen LogP) is 4.06. The summed E-state index contributed by atoms with van der Waals surface area (Å²) in [6.45, 7) is 4.07. The minimum Gasteiger partial charge on any atom is -0.331 e. The molecule has 2 amide bonds. The van der Waals surface area contributed by atoms with E-state index in [-0.39, 0.29) is 6.03 Å². The second kappa shape index (κ2) is 5.78. The van der Waals surface area contributed by atoms with Gasteiger partial charge in [0.25, 0.3) is 0 Å². The van der Waals surface area contributed by atoms with Crippen LogP contribution in [0, 0.1) is 13.8 Å². The third-order valence-corrected chi connectivity index (χ3v) is 3.27. The van der Waals surface area contributed by atoms with Crippen molar-refractivity contribution in [3.63, 3.8) is 0 Å². The number of rotatable bonds is 2. The Labute approximate surface area is 120 Å². The van der Waals surface area contributed by atoms with E-state index in [9.17, 15) is 4.79 Å². The molecule has 1 N–H and O–H groups in total. The van der Waals surface area contributed by atoms with E-state index in [1.807, 2.05) is 25.1 Å². The van der Waals surface area contributed by atoms with Crippen molar-refractivity contribution in [3.05, 3.63) is 53.6 Å². The van der Waals surface area contributed by atoms with Crippen molar-refractivity contribution in [2.45, 2.75) is 13.8 Å². The Bertz CT molecular complexity index is 615. The molecule has 0 aliphatic rings. The number of nitrogens with one attached hydrogen (secondary N) is 1. The van der Waals surface area contributed by atoms with Crippen LogP contribution in [0.5, 0.6) is 0 Å². The highest BCUT2D eigenvalue weighted by atomic mass is 16.2. The summed E-state index contributed by atoms with van der Waals surface area (Å²) in [6, 6.07) is 14.2. The van der Waals surface area contributed by atoms with Crippen LogP contribution in [0.1, 0.15) is 11.1 Å². The number of nitrogens with zero attached hydrogens (tertiary/aromatic N) is 1. The van der Waals surface area contributed by atoms with Gasteiger partial charge >= 0.3 is 6.03 Å². The van der Waals surface area contributed by atoms with Gasteiger partial charge in [-0.15, -0.1) is 0 Å². The van der Waals surface area contributed by atoms with E-state index in [0.29, 0.717) is 0 Å². The van der Waals surface area contributed by atoms with Crippen molar-refractivity contribution in [3.8, 4) is 11.1 Å². The highest BCUT2D eigenvalue weighted by Gasteiger charge is 2.11. The van der Waals surface area contributed by atoms with Gasteiger partial charge in [0.05, 0.1) is 5.69 Å². The smallest absolute Gasteiger partial charge is 0.321 e. The lowest BCUT2D eigenvalue weighted by molar-refractivity contribution is 0.230. The first kappa shape index (κ1) is 14.1. The molecule has 0 fully saturated rings. The second-order valence-corrected chi connectivity index (χ2v) is 5.19. The van der Waals surface area contributed by atoms with E-state index in [0.717, 1.165) is 22.4 Å². The van der Waals surface area contributed by atoms with Crippen LogP contribution in [-0.2, 0) is 0 Å². The molecule has 3 heteroatoms. The van der Waals surface area contributed by atoms with E-state index in [1.54, 1.807) is 14.1 Å². The summed E-state index contributed by atoms with van der Waals surface area (Å²) in [5.74, 6) is 0. The van der Waals surface area contributed by atoms with Crippen LogP contribution in [-0.4, -0.2) is 25.0 Å². The summed E-state index contributed by atoms with van der Waals surface area (Å²) < 4.78 is 0. The minimum absolute atomic E-state index is 0.118. The lowest BCUT2D eigenvalue weighted by atomic mass is 9.99. The Morgan fingerprint density at radius 3 is 2.25 bits per heavy atom. The number of aryl methyl sites for hydroxylation is 2. The largest absolute Gasteiger partial charge is 0.331 e. The molecule has 0 heterocycles. The summed E-state index contributed by atoms with van der Waals surface area (Å²) in [4.78, 5) is 13.5. The van der Waals surface area contributed by atoms with Crippen LogP contribution in [0.2, 0.25) is 0 Å². The monoisotopic (exact) mass is 268 g/mol. The second-order valence-electron chi connectivity index (χ2n) is 5.19. The zero-order chi connectivity index (χ0) is 14.7. The standard InChI is InChI=1S/C17H20N2O/c1-12-8-10-14(11-9-12)15-7-5-6-13(2)16(15)18-17(20)19(3)4/h5-11H,1-4H3,(H,18,20). The van der Waals surface area contributed by atoms with Crippen LogP contribution in [0.4, 0.5) is 10.5 Å². The minimum atomic E-state index is -0.118. The number of amides is 2. The van der Waals surface area contributed by atoms with E-state index in [1.165, 1.54) is 10.5 Å². The molecular formula is C17H20N2O. The zero-order valence-electron chi connectivity index (χ0n) is 12.4. The molecule has 2 aromatic carbocycles. The number of para-hydroxylation sites is 1. The molecule has 0 bridgehead atoms. The van der Waals surface area contributed by atoms with Gasteiger partial charge in [-0.25, -0.2) is 4.79 Å². The fraction of sp³-hybridized carbons (Fsp3) is 0.235. The summed E-state index contributed by atoms with van der Waals surface area (Å²) in [5.41, 5.74) is 5.29. The molecule has 0 unspecified atom stereocenters. The lowest BCUT2D eigenvalue weighted by Gasteiger charge is -2.17. The van der Waals surface area contributed by atoms with Crippen molar-refractivity contribution in [2.24, 2.45) is 0 Å². The number of anilines is 1. The quantitative estimate of drug-likeness (QED) is 0.875. The van der Waals surface area contributed by atoms with E-state index >= 15 is 0 Å². The van der Waals surface area contributed by atoms with Crippen molar-refractivity contribution < 1.29 is 4.79 Å². The first-order valence-corrected chi connectivity index (χ1v) is 6.64. The molecule has 20 heavy (non-hydrogen) atoms. The van der Waals surface area contributed by atoms with Gasteiger partial charge in [0, 0.05) is 19.7 Å². The number of urea groups is 1. The molecule has 0 saturated carbocycles. The van der Waals surface area contributed by atoms with E-state index in [2.05, 4.69) is 36.5 Å². The number of carbonyl (C=O) groups excluding carboxylic acids is 1. The fourth-order valence-corrected chi connectivity index (χ4v) is 2.03. The summed E-state index contributed by atoms with van der Waals surface area (Å²) in [7, 11) is 3.47. The van der Waals surface area contributed by atoms with Gasteiger partial charge in [0.2, 0.25) is 0 Å². The van der Waals surface area contributed by atoms with Crippen LogP contribution < -0.4 is 5.32 Å². The molecule has 0 saturated heterocycles. The van der Waals surface area contributed by atoms with Crippen molar-refractivity contribution >= 4 is 11.7 Å². The van der Waals surface area contributed by atoms with Crippen molar-refractivity contribution in [1.82, 2.24) is 4.90 Å². The third kappa shape index (κ3) is 2.99. The Kier molecular flexibility index (Phi) is 4.08. The summed E-state index contributed by atoms with van der Waals surface area (Å²) in [5, 5.41) is 2.98. The lowest BCUT2D eigenvalue weighted by Crippen LogP contribution is -2.27. The average Bonchev–Trinajstić information content (AvgIpc) is 2.42. The molecule has 3 nitrogen and oxygen atoms in total. The molecule has 0 aromatic heterocycles. The Hall–Kier alpha value is -2.29. The molecule has 0 aliphatic heterocycles. The number of benzene rings is 2. The van der Waals surface area contributed by atoms with Gasteiger partial charge in [-0.2, -0.15) is 0 Å². The molecule has 0 radical (unpaired) electrons. The third-order valence-electron chi connectivity index (χ3n) is 3.27. The Balaban J connectivity index is 2.45. The van der Waals surface area contributed by atoms with Crippen LogP contribution in [0.25, 0.3) is 11.1 Å². The molecule has 0 spiro atoms. The van der Waals surface area contributed by atoms with Gasteiger partial charge in [-0.3, -0.25) is 0 Å². The SMILES string of the molecule is Cc1ccc(-c2cccc(C)c2NC(=O)N(C)C)cc1. The molecule has 0 aliphatic carbocycles. The molecule has 0 atom stereocenters. The van der Waals surface area contributed by atoms with Gasteiger partial charge in [-0.1, -0.05) is 48.0 Å². The summed E-state index contributed by atoms with van der Waals surface area (Å²) in [6.07, 6.45) is 0. The maximum atomic E-state index is 11.9. The molecular weight excluding hydrogens is 248 g/mol. The van der Waals surface area contributed by atoms with Gasteiger partial charge < -0.3 is 10.2 Å². The highest BCUT2D eigenvalue weighted by Crippen LogP contribution is 2.31. The van der Waals surface area contributed by atoms with Gasteiger partial charge in [-0.05, 0) is 25.0 Å². The van der Waals surface area contributed by atoms with E-state index in [4.69, 9.17) is 0 Å². The van der Waals surface area contributed by atoms with Crippen LogP contribution in [0.3, 0.4) is 0 Å². The highest BCUT2D eigenvalue weighted by molar-refractivity contribution is 5.95. The normalized spacial score (nSPS) is 10.2. The molecule has 2 aromatic rings. The van der Waals surface area contributed by atoms with Crippen molar-refractivity contribution in [1.29, 1.82) is 0 Å². The predicted molar refractivity (Wildman–Crippen MR) is 84.1 cm³/mol. The maximum Gasteiger partial charge on any atom is 0.321 e. The molecule has 2 rings (SSSR count).